The van der Waals surface area contributed by atoms with Gasteiger partial charge in [0.2, 0.25) is 0 Å². The normalized spacial score (nSPS) is 16.9. The average molecular weight is 474 g/mol. The first kappa shape index (κ1) is 21.3. The molecular formula is C24H18ClF2NO5. The second kappa shape index (κ2) is 7.52. The van der Waals surface area contributed by atoms with E-state index in [9.17, 15) is 23.5 Å². The molecule has 5 rings (SSSR count). The number of nitrogens with zero attached hydrogens (tertiary/aromatic N) is 1. The van der Waals surface area contributed by atoms with Gasteiger partial charge in [0.15, 0.2) is 11.5 Å². The number of aromatic carboxylic acids is 1. The van der Waals surface area contributed by atoms with Gasteiger partial charge in [0.1, 0.15) is 5.78 Å². The molecule has 1 N–H and O–H groups in total. The zero-order chi connectivity index (χ0) is 23.4. The fourth-order valence-corrected chi connectivity index (χ4v) is 4.23. The minimum atomic E-state index is -3.72. The number of hydrogen-bond donors (Lipinski definition) is 1. The Balaban J connectivity index is 0.00000274. The molecule has 3 aromatic rings. The fraction of sp³-hybridized carbons (Fsp3) is 0.208. The largest absolute Gasteiger partial charge is 0.586 e. The second-order valence-electron chi connectivity index (χ2n) is 8.03. The number of carbonyl (C=O) groups is 2. The van der Waals surface area contributed by atoms with Crippen LogP contribution in [0.15, 0.2) is 54.6 Å². The van der Waals surface area contributed by atoms with Crippen LogP contribution in [0.1, 0.15) is 35.9 Å². The molecule has 1 aromatic heterocycles. The van der Waals surface area contributed by atoms with E-state index in [2.05, 4.69) is 14.5 Å². The van der Waals surface area contributed by atoms with Crippen LogP contribution in [0.3, 0.4) is 0 Å². The van der Waals surface area contributed by atoms with Gasteiger partial charge in [-0.15, -0.1) is 8.78 Å². The Morgan fingerprint density at radius 1 is 1.06 bits per heavy atom. The first-order valence-electron chi connectivity index (χ1n) is 10.1. The molecule has 1 aliphatic carbocycles. The number of fused-ring (bicyclic) bond motifs is 1. The summed E-state index contributed by atoms with van der Waals surface area (Å²) in [5, 5.41) is 9.56. The summed E-state index contributed by atoms with van der Waals surface area (Å²) in [6.07, 6.45) is -2.54. The summed E-state index contributed by atoms with van der Waals surface area (Å²) in [5.41, 5.74) is 1.26. The predicted octanol–water partition coefficient (Wildman–Crippen LogP) is 5.51. The van der Waals surface area contributed by atoms with E-state index in [4.69, 9.17) is 11.6 Å². The zero-order valence-electron chi connectivity index (χ0n) is 17.0. The van der Waals surface area contributed by atoms with Gasteiger partial charge in [0.05, 0.1) is 21.7 Å². The van der Waals surface area contributed by atoms with Crippen molar-refractivity contribution < 1.29 is 34.4 Å². The summed E-state index contributed by atoms with van der Waals surface area (Å²) in [6.45, 7) is 0. The Morgan fingerprint density at radius 2 is 1.82 bits per heavy atom. The smallest absolute Gasteiger partial charge is 0.478 e. The lowest BCUT2D eigenvalue weighted by Crippen LogP contribution is -2.26. The van der Waals surface area contributed by atoms with Crippen molar-refractivity contribution in [1.82, 2.24) is 4.98 Å². The van der Waals surface area contributed by atoms with E-state index in [0.29, 0.717) is 40.4 Å². The summed E-state index contributed by atoms with van der Waals surface area (Å²) in [4.78, 5) is 29.0. The van der Waals surface area contributed by atoms with Gasteiger partial charge in [0.25, 0.3) is 0 Å². The summed E-state index contributed by atoms with van der Waals surface area (Å²) in [7, 11) is 0. The molecule has 0 spiro atoms. The number of Topliss-reactive ketones (excluding diaryl/α,β-unsaturated/α-hetero) is 1. The number of halogens is 3. The van der Waals surface area contributed by atoms with Crippen LogP contribution < -0.4 is 9.47 Å². The Kier molecular flexibility index (Phi) is 4.86. The van der Waals surface area contributed by atoms with Crippen LogP contribution in [0, 0.1) is 0 Å². The molecule has 1 saturated carbocycles. The van der Waals surface area contributed by atoms with Crippen LogP contribution in [0.2, 0.25) is 5.02 Å². The van der Waals surface area contributed by atoms with Crippen molar-refractivity contribution in [2.75, 3.05) is 0 Å². The standard InChI is InChI=1S/C24H16ClF2NO5.H2/c25-17-6-5-16(28-21(17)13-2-1-3-14(10-13)22(30)31)12-20(29)23(8-9-23)15-4-7-18-19(11-15)33-24(26,27)32-18;/h1-7,10-11H,8-9,12H2,(H,30,31);1H. The number of alkyl halides is 2. The van der Waals surface area contributed by atoms with E-state index in [-0.39, 0.29) is 30.7 Å². The van der Waals surface area contributed by atoms with E-state index < -0.39 is 17.7 Å². The van der Waals surface area contributed by atoms with Crippen LogP contribution in [-0.2, 0) is 16.6 Å². The molecule has 0 radical (unpaired) electrons. The Hall–Kier alpha value is -3.52. The van der Waals surface area contributed by atoms with E-state index in [1.165, 1.54) is 24.3 Å². The van der Waals surface area contributed by atoms with Crippen LogP contribution in [0.4, 0.5) is 8.78 Å². The maximum Gasteiger partial charge on any atom is 0.586 e. The highest BCUT2D eigenvalue weighted by Gasteiger charge is 2.52. The quantitative estimate of drug-likeness (QED) is 0.508. The van der Waals surface area contributed by atoms with Gasteiger partial charge < -0.3 is 14.6 Å². The third kappa shape index (κ3) is 3.91. The molecule has 2 heterocycles. The Bertz CT molecular complexity index is 1310. The van der Waals surface area contributed by atoms with E-state index >= 15 is 0 Å². The minimum absolute atomic E-state index is 0. The number of benzene rings is 2. The lowest BCUT2D eigenvalue weighted by atomic mass is 9.88. The third-order valence-electron chi connectivity index (χ3n) is 5.87. The summed E-state index contributed by atoms with van der Waals surface area (Å²) < 4.78 is 35.6. The molecule has 2 aromatic carbocycles. The van der Waals surface area contributed by atoms with Gasteiger partial charge in [0, 0.05) is 19.1 Å². The highest BCUT2D eigenvalue weighted by molar-refractivity contribution is 6.33. The van der Waals surface area contributed by atoms with Crippen molar-refractivity contribution in [3.63, 3.8) is 0 Å². The van der Waals surface area contributed by atoms with Gasteiger partial charge >= 0.3 is 12.3 Å². The molecule has 2 aliphatic rings. The highest BCUT2D eigenvalue weighted by atomic mass is 35.5. The summed E-state index contributed by atoms with van der Waals surface area (Å²) in [6, 6.07) is 13.9. The number of carboxylic acids is 1. The highest BCUT2D eigenvalue weighted by Crippen LogP contribution is 2.52. The molecule has 170 valence electrons. The van der Waals surface area contributed by atoms with Gasteiger partial charge in [-0.3, -0.25) is 9.78 Å². The van der Waals surface area contributed by atoms with Crippen LogP contribution >= 0.6 is 11.6 Å². The molecule has 0 unspecified atom stereocenters. The van der Waals surface area contributed by atoms with Gasteiger partial charge in [-0.2, -0.15) is 0 Å². The van der Waals surface area contributed by atoms with Crippen molar-refractivity contribution in [2.24, 2.45) is 0 Å². The molecule has 0 saturated heterocycles. The molecule has 1 aliphatic heterocycles. The summed E-state index contributed by atoms with van der Waals surface area (Å²) in [5.74, 6) is -1.34. The fourth-order valence-electron chi connectivity index (χ4n) is 4.02. The van der Waals surface area contributed by atoms with Crippen molar-refractivity contribution in [1.29, 1.82) is 0 Å². The predicted molar refractivity (Wildman–Crippen MR) is 116 cm³/mol. The van der Waals surface area contributed by atoms with Gasteiger partial charge in [-0.1, -0.05) is 29.8 Å². The third-order valence-corrected chi connectivity index (χ3v) is 6.17. The first-order valence-corrected chi connectivity index (χ1v) is 10.5. The lowest BCUT2D eigenvalue weighted by molar-refractivity contribution is -0.286. The molecule has 0 atom stereocenters. The number of ketones is 1. The second-order valence-corrected chi connectivity index (χ2v) is 8.44. The Labute approximate surface area is 193 Å². The van der Waals surface area contributed by atoms with E-state index in [1.807, 2.05) is 0 Å². The van der Waals surface area contributed by atoms with Crippen molar-refractivity contribution >= 4 is 23.4 Å². The topological polar surface area (TPSA) is 85.7 Å². The van der Waals surface area contributed by atoms with Crippen LogP contribution in [-0.4, -0.2) is 28.1 Å². The van der Waals surface area contributed by atoms with Crippen molar-refractivity contribution in [2.45, 2.75) is 31.0 Å². The molecule has 0 bridgehead atoms. The maximum absolute atomic E-state index is 13.3. The number of hydrogen-bond acceptors (Lipinski definition) is 5. The maximum atomic E-state index is 13.3. The number of pyridine rings is 1. The SMILES string of the molecule is O=C(O)c1cccc(-c2nc(CC(=O)C3(c4ccc5c(c4)OC(F)(F)O5)CC3)ccc2Cl)c1.[HH]. The number of rotatable bonds is 6. The van der Waals surface area contributed by atoms with Crippen molar-refractivity contribution in [3.8, 4) is 22.8 Å². The summed E-state index contributed by atoms with van der Waals surface area (Å²) >= 11 is 6.29. The van der Waals surface area contributed by atoms with Crippen molar-refractivity contribution in [3.05, 3.63) is 76.4 Å². The van der Waals surface area contributed by atoms with Gasteiger partial charge in [-0.05, 0) is 54.8 Å². The number of aromatic nitrogens is 1. The lowest BCUT2D eigenvalue weighted by Gasteiger charge is -2.15. The minimum Gasteiger partial charge on any atom is -0.478 e. The molecule has 6 nitrogen and oxygen atoms in total. The molecular weight excluding hydrogens is 456 g/mol. The monoisotopic (exact) mass is 473 g/mol. The Morgan fingerprint density at radius 3 is 2.55 bits per heavy atom. The van der Waals surface area contributed by atoms with Gasteiger partial charge in [-0.25, -0.2) is 4.79 Å². The number of carboxylic acid groups (broad SMARTS) is 1. The first-order chi connectivity index (χ1) is 15.7. The number of carbonyl (C=O) groups excluding carboxylic acids is 1. The van der Waals surface area contributed by atoms with E-state index in [1.54, 1.807) is 30.3 Å². The molecule has 33 heavy (non-hydrogen) atoms. The molecule has 9 heteroatoms. The molecule has 1 fully saturated rings. The number of ether oxygens (including phenoxy) is 2. The van der Waals surface area contributed by atoms with Crippen LogP contribution in [0.25, 0.3) is 11.3 Å². The van der Waals surface area contributed by atoms with E-state index in [0.717, 1.165) is 0 Å². The zero-order valence-corrected chi connectivity index (χ0v) is 17.7. The molecule has 0 amide bonds. The average Bonchev–Trinajstić information content (AvgIpc) is 3.52. The van der Waals surface area contributed by atoms with Crippen LogP contribution in [0.5, 0.6) is 11.5 Å².